The Bertz CT molecular complexity index is 377. The van der Waals surface area contributed by atoms with Crippen molar-refractivity contribution in [1.82, 2.24) is 15.2 Å². The van der Waals surface area contributed by atoms with Crippen LogP contribution in [0.15, 0.2) is 5.38 Å². The van der Waals surface area contributed by atoms with Gasteiger partial charge in [0.05, 0.1) is 12.2 Å². The SMILES string of the molecule is CCN(Cc1csc(CNC(C)C)n1)CC(F)(F)F. The number of nitrogens with one attached hydrogen (secondary N) is 1. The lowest BCUT2D eigenvalue weighted by molar-refractivity contribution is -0.146. The molecule has 0 spiro atoms. The molecular formula is C12H20F3N3S. The molecule has 0 atom stereocenters. The Hall–Kier alpha value is -0.660. The molecule has 0 aliphatic rings. The zero-order valence-electron chi connectivity index (χ0n) is 11.4. The molecule has 0 fully saturated rings. The summed E-state index contributed by atoms with van der Waals surface area (Å²) >= 11 is 1.48. The summed E-state index contributed by atoms with van der Waals surface area (Å²) in [4.78, 5) is 5.69. The van der Waals surface area contributed by atoms with E-state index in [0.717, 1.165) is 5.01 Å². The van der Waals surface area contributed by atoms with E-state index in [-0.39, 0.29) is 6.54 Å². The van der Waals surface area contributed by atoms with Gasteiger partial charge in [-0.25, -0.2) is 4.98 Å². The smallest absolute Gasteiger partial charge is 0.308 e. The lowest BCUT2D eigenvalue weighted by atomic mass is 10.4. The molecule has 0 unspecified atom stereocenters. The Morgan fingerprint density at radius 1 is 1.42 bits per heavy atom. The number of nitrogens with zero attached hydrogens (tertiary/aromatic N) is 2. The molecule has 0 amide bonds. The van der Waals surface area contributed by atoms with E-state index in [0.29, 0.717) is 24.8 Å². The largest absolute Gasteiger partial charge is 0.401 e. The summed E-state index contributed by atoms with van der Waals surface area (Å²) in [7, 11) is 0. The number of halogens is 3. The Balaban J connectivity index is 2.51. The molecule has 0 saturated heterocycles. The fourth-order valence-corrected chi connectivity index (χ4v) is 2.29. The first-order valence-corrected chi connectivity index (χ1v) is 7.14. The van der Waals surface area contributed by atoms with Crippen LogP contribution in [0.4, 0.5) is 13.2 Å². The van der Waals surface area contributed by atoms with Crippen LogP contribution in [0.25, 0.3) is 0 Å². The van der Waals surface area contributed by atoms with Gasteiger partial charge in [0.1, 0.15) is 5.01 Å². The van der Waals surface area contributed by atoms with Crippen molar-refractivity contribution < 1.29 is 13.2 Å². The van der Waals surface area contributed by atoms with Gasteiger partial charge >= 0.3 is 6.18 Å². The zero-order valence-corrected chi connectivity index (χ0v) is 12.2. The van der Waals surface area contributed by atoms with Gasteiger partial charge in [-0.05, 0) is 6.54 Å². The average Bonchev–Trinajstić information content (AvgIpc) is 2.71. The van der Waals surface area contributed by atoms with Crippen molar-refractivity contribution in [2.24, 2.45) is 0 Å². The maximum atomic E-state index is 12.3. The van der Waals surface area contributed by atoms with E-state index in [1.54, 1.807) is 6.92 Å². The van der Waals surface area contributed by atoms with E-state index in [1.165, 1.54) is 16.2 Å². The quantitative estimate of drug-likeness (QED) is 0.838. The first kappa shape index (κ1) is 16.4. The maximum Gasteiger partial charge on any atom is 0.401 e. The first-order valence-electron chi connectivity index (χ1n) is 6.26. The molecule has 110 valence electrons. The minimum Gasteiger partial charge on any atom is -0.308 e. The molecule has 1 rings (SSSR count). The lowest BCUT2D eigenvalue weighted by Crippen LogP contribution is -2.33. The number of hydrogen-bond donors (Lipinski definition) is 1. The van der Waals surface area contributed by atoms with E-state index in [1.807, 2.05) is 19.2 Å². The Morgan fingerprint density at radius 2 is 2.11 bits per heavy atom. The Kier molecular flexibility index (Phi) is 6.22. The molecule has 19 heavy (non-hydrogen) atoms. The van der Waals surface area contributed by atoms with Crippen molar-refractivity contribution in [2.45, 2.75) is 46.1 Å². The fourth-order valence-electron chi connectivity index (χ4n) is 1.56. The molecule has 0 aliphatic carbocycles. The van der Waals surface area contributed by atoms with Crippen LogP contribution in [0.5, 0.6) is 0 Å². The second-order valence-electron chi connectivity index (χ2n) is 4.69. The number of hydrogen-bond acceptors (Lipinski definition) is 4. The first-order chi connectivity index (χ1) is 8.80. The van der Waals surface area contributed by atoms with Gasteiger partial charge in [-0.2, -0.15) is 13.2 Å². The minimum absolute atomic E-state index is 0.244. The second-order valence-corrected chi connectivity index (χ2v) is 5.63. The Labute approximate surface area is 115 Å². The third-order valence-corrected chi connectivity index (χ3v) is 3.39. The molecule has 1 N–H and O–H groups in total. The van der Waals surface area contributed by atoms with Crippen LogP contribution in [0.2, 0.25) is 0 Å². The summed E-state index contributed by atoms with van der Waals surface area (Å²) in [5, 5.41) is 5.97. The standard InChI is InChI=1S/C12H20F3N3S/c1-4-18(8-12(13,14)15)6-10-7-19-11(17-10)5-16-9(2)3/h7,9,16H,4-6,8H2,1-3H3. The van der Waals surface area contributed by atoms with E-state index in [2.05, 4.69) is 10.3 Å². The summed E-state index contributed by atoms with van der Waals surface area (Å²) in [5.74, 6) is 0. The van der Waals surface area contributed by atoms with E-state index in [4.69, 9.17) is 0 Å². The van der Waals surface area contributed by atoms with Crippen molar-refractivity contribution in [1.29, 1.82) is 0 Å². The number of aromatic nitrogens is 1. The van der Waals surface area contributed by atoms with Crippen molar-refractivity contribution in [3.63, 3.8) is 0 Å². The lowest BCUT2D eigenvalue weighted by Gasteiger charge is -2.20. The molecular weight excluding hydrogens is 275 g/mol. The summed E-state index contributed by atoms with van der Waals surface area (Å²) < 4.78 is 37.0. The topological polar surface area (TPSA) is 28.2 Å². The summed E-state index contributed by atoms with van der Waals surface area (Å²) in [6.07, 6.45) is -4.16. The van der Waals surface area contributed by atoms with Crippen LogP contribution in [0.3, 0.4) is 0 Å². The van der Waals surface area contributed by atoms with Crippen molar-refractivity contribution in [3.8, 4) is 0 Å². The highest BCUT2D eigenvalue weighted by Gasteiger charge is 2.30. The molecule has 1 aromatic heterocycles. The minimum atomic E-state index is -4.16. The van der Waals surface area contributed by atoms with Gasteiger partial charge in [0.25, 0.3) is 0 Å². The molecule has 3 nitrogen and oxygen atoms in total. The highest BCUT2D eigenvalue weighted by atomic mass is 32.1. The van der Waals surface area contributed by atoms with Gasteiger partial charge in [0.15, 0.2) is 0 Å². The number of alkyl halides is 3. The molecule has 0 bridgehead atoms. The van der Waals surface area contributed by atoms with Gasteiger partial charge in [-0.1, -0.05) is 20.8 Å². The molecule has 7 heteroatoms. The number of thiazole rings is 1. The molecule has 0 aromatic carbocycles. The van der Waals surface area contributed by atoms with E-state index >= 15 is 0 Å². The molecule has 0 aliphatic heterocycles. The summed E-state index contributed by atoms with van der Waals surface area (Å²) in [6, 6.07) is 0.365. The maximum absolute atomic E-state index is 12.3. The van der Waals surface area contributed by atoms with Gasteiger partial charge in [-0.3, -0.25) is 4.90 Å². The van der Waals surface area contributed by atoms with Crippen molar-refractivity contribution in [2.75, 3.05) is 13.1 Å². The van der Waals surface area contributed by atoms with E-state index in [9.17, 15) is 13.2 Å². The predicted molar refractivity (Wildman–Crippen MR) is 71.1 cm³/mol. The van der Waals surface area contributed by atoms with Crippen LogP contribution < -0.4 is 5.32 Å². The monoisotopic (exact) mass is 295 g/mol. The van der Waals surface area contributed by atoms with Gasteiger partial charge < -0.3 is 5.32 Å². The van der Waals surface area contributed by atoms with Gasteiger partial charge in [-0.15, -0.1) is 11.3 Å². The normalized spacial score (nSPS) is 12.6. The molecule has 0 radical (unpaired) electrons. The Morgan fingerprint density at radius 3 is 2.63 bits per heavy atom. The van der Waals surface area contributed by atoms with Crippen LogP contribution in [0, 0.1) is 0 Å². The summed E-state index contributed by atoms with van der Waals surface area (Å²) in [5.41, 5.74) is 0.705. The van der Waals surface area contributed by atoms with Crippen molar-refractivity contribution in [3.05, 3.63) is 16.1 Å². The molecule has 1 aromatic rings. The molecule has 0 saturated carbocycles. The van der Waals surface area contributed by atoms with Crippen LogP contribution in [-0.4, -0.2) is 35.2 Å². The summed E-state index contributed by atoms with van der Waals surface area (Å²) in [6.45, 7) is 6.17. The van der Waals surface area contributed by atoms with Crippen LogP contribution in [-0.2, 0) is 13.1 Å². The fraction of sp³-hybridized carbons (Fsp3) is 0.750. The van der Waals surface area contributed by atoms with Crippen LogP contribution in [0.1, 0.15) is 31.5 Å². The second kappa shape index (κ2) is 7.21. The van der Waals surface area contributed by atoms with E-state index < -0.39 is 12.7 Å². The third kappa shape index (κ3) is 6.89. The highest BCUT2D eigenvalue weighted by molar-refractivity contribution is 7.09. The third-order valence-electron chi connectivity index (χ3n) is 2.50. The number of rotatable bonds is 7. The molecule has 1 heterocycles. The van der Waals surface area contributed by atoms with Gasteiger partial charge in [0, 0.05) is 24.5 Å². The van der Waals surface area contributed by atoms with Crippen molar-refractivity contribution >= 4 is 11.3 Å². The zero-order chi connectivity index (χ0) is 14.5. The van der Waals surface area contributed by atoms with Gasteiger partial charge in [0.2, 0.25) is 0 Å². The predicted octanol–water partition coefficient (Wildman–Crippen LogP) is 3.03. The highest BCUT2D eigenvalue weighted by Crippen LogP contribution is 2.18. The average molecular weight is 295 g/mol. The van der Waals surface area contributed by atoms with Crippen LogP contribution >= 0.6 is 11.3 Å².